The number of Topliss-reactive ketones (excluding diaryl/α,β-unsaturated/α-hetero) is 1. The van der Waals surface area contributed by atoms with Gasteiger partial charge in [0.15, 0.2) is 0 Å². The van der Waals surface area contributed by atoms with Crippen LogP contribution in [0.5, 0.6) is 0 Å². The van der Waals surface area contributed by atoms with Gasteiger partial charge in [0.25, 0.3) is 5.91 Å². The van der Waals surface area contributed by atoms with E-state index in [4.69, 9.17) is 0 Å². The van der Waals surface area contributed by atoms with Crippen LogP contribution in [0, 0.1) is 34.0 Å². The van der Waals surface area contributed by atoms with Gasteiger partial charge in [0.05, 0.1) is 6.04 Å². The molecule has 4 N–H and O–H groups in total. The highest BCUT2D eigenvalue weighted by Gasteiger charge is 2.70. The summed E-state index contributed by atoms with van der Waals surface area (Å²) in [4.78, 5) is 69.9. The van der Waals surface area contributed by atoms with Crippen LogP contribution in [0.3, 0.4) is 0 Å². The van der Waals surface area contributed by atoms with Crippen molar-refractivity contribution in [1.29, 1.82) is 0 Å². The molecule has 0 bridgehead atoms. The molecule has 0 aromatic heterocycles. The number of ketones is 1. The molecule has 0 spiro atoms. The Labute approximate surface area is 288 Å². The number of hydrogen-bond acceptors (Lipinski definition) is 5. The summed E-state index contributed by atoms with van der Waals surface area (Å²) < 4.78 is 0. The first-order chi connectivity index (χ1) is 22.3. The van der Waals surface area contributed by atoms with Crippen molar-refractivity contribution in [2.75, 3.05) is 13.1 Å². The zero-order valence-electron chi connectivity index (χ0n) is 30.9. The van der Waals surface area contributed by atoms with Gasteiger partial charge in [-0.05, 0) is 72.5 Å². The van der Waals surface area contributed by atoms with Gasteiger partial charge in [-0.2, -0.15) is 0 Å². The third-order valence-electron chi connectivity index (χ3n) is 11.4. The van der Waals surface area contributed by atoms with E-state index in [0.29, 0.717) is 25.9 Å². The van der Waals surface area contributed by atoms with Crippen LogP contribution in [0.1, 0.15) is 126 Å². The van der Waals surface area contributed by atoms with Crippen LogP contribution in [0.4, 0.5) is 4.79 Å². The zero-order valence-corrected chi connectivity index (χ0v) is 30.9. The van der Waals surface area contributed by atoms with Crippen LogP contribution < -0.4 is 21.3 Å². The third-order valence-corrected chi connectivity index (χ3v) is 11.4. The first kappa shape index (κ1) is 37.9. The molecule has 3 aliphatic carbocycles. The summed E-state index contributed by atoms with van der Waals surface area (Å²) in [5, 5.41) is 11.9. The molecule has 0 aromatic carbocycles. The average Bonchev–Trinajstić information content (AvgIpc) is 3.85. The lowest BCUT2D eigenvalue weighted by Gasteiger charge is -2.41. The fourth-order valence-corrected chi connectivity index (χ4v) is 8.02. The topological polar surface area (TPSA) is 137 Å². The molecule has 1 aliphatic heterocycles. The van der Waals surface area contributed by atoms with Crippen molar-refractivity contribution < 1.29 is 24.0 Å². The van der Waals surface area contributed by atoms with Gasteiger partial charge in [-0.25, -0.2) is 4.79 Å². The highest BCUT2D eigenvalue weighted by Crippen LogP contribution is 2.65. The number of nitrogens with one attached hydrogen (secondary N) is 4. The summed E-state index contributed by atoms with van der Waals surface area (Å²) in [6.45, 7) is 21.0. The molecule has 10 nitrogen and oxygen atoms in total. The van der Waals surface area contributed by atoms with Crippen molar-refractivity contribution in [1.82, 2.24) is 26.2 Å². The Bertz CT molecular complexity index is 1240. The number of urea groups is 1. The maximum atomic E-state index is 14.5. The lowest BCUT2D eigenvalue weighted by Crippen LogP contribution is -2.63. The average molecular weight is 670 g/mol. The van der Waals surface area contributed by atoms with Crippen LogP contribution in [-0.4, -0.2) is 71.2 Å². The molecular weight excluding hydrogens is 606 g/mol. The van der Waals surface area contributed by atoms with Gasteiger partial charge >= 0.3 is 6.03 Å². The van der Waals surface area contributed by atoms with Crippen molar-refractivity contribution in [2.24, 2.45) is 34.0 Å². The number of carbonyl (C=O) groups excluding carboxylic acids is 5. The minimum atomic E-state index is -0.950. The maximum absolute atomic E-state index is 14.5. The van der Waals surface area contributed by atoms with Crippen LogP contribution in [0.2, 0.25) is 0 Å². The Morgan fingerprint density at radius 2 is 1.60 bits per heavy atom. The minimum Gasteiger partial charge on any atom is -0.349 e. The standard InChI is InChI=1S/C38H63N5O5/c1-10-11-21-39-32(46)29(44)26(22-24-15-16-24)40-31(45)28-27-25(37(27,8)9)23-43(28)33(47)30(36(5,6)7)41-34(48)42-38(17-13-12-14-18-38)20-19-35(2,3)4/h10,24-28,30H,1,11-23H2,2-9H3,(H,39,46)(H,40,45)(H2,41,42,48)/t25?,26?,27-,28-,30+/m0/s1. The van der Waals surface area contributed by atoms with E-state index in [0.717, 1.165) is 57.8 Å². The summed E-state index contributed by atoms with van der Waals surface area (Å²) in [6, 6.07) is -2.95. The second kappa shape index (κ2) is 14.5. The first-order valence-electron chi connectivity index (χ1n) is 18.4. The quantitative estimate of drug-likeness (QED) is 0.114. The van der Waals surface area contributed by atoms with E-state index in [1.165, 1.54) is 0 Å². The number of carbonyl (C=O) groups is 5. The van der Waals surface area contributed by atoms with Gasteiger partial charge in [0, 0.05) is 18.6 Å². The Hall–Kier alpha value is -2.91. The van der Waals surface area contributed by atoms with Gasteiger partial charge in [-0.3, -0.25) is 19.2 Å². The predicted octanol–water partition coefficient (Wildman–Crippen LogP) is 5.26. The van der Waals surface area contributed by atoms with Crippen LogP contribution in [-0.2, 0) is 19.2 Å². The van der Waals surface area contributed by atoms with Crippen LogP contribution in [0.25, 0.3) is 0 Å². The van der Waals surface area contributed by atoms with E-state index < -0.39 is 41.1 Å². The van der Waals surface area contributed by atoms with E-state index in [-0.39, 0.29) is 46.1 Å². The summed E-state index contributed by atoms with van der Waals surface area (Å²) in [5.41, 5.74) is -0.926. The molecule has 5 amide bonds. The monoisotopic (exact) mass is 669 g/mol. The molecule has 3 saturated carbocycles. The predicted molar refractivity (Wildman–Crippen MR) is 188 cm³/mol. The lowest BCUT2D eigenvalue weighted by molar-refractivity contribution is -0.145. The zero-order chi connectivity index (χ0) is 35.7. The molecule has 4 fully saturated rings. The highest BCUT2D eigenvalue weighted by molar-refractivity contribution is 6.38. The molecule has 10 heteroatoms. The van der Waals surface area contributed by atoms with E-state index in [1.807, 2.05) is 20.8 Å². The minimum absolute atomic E-state index is 0.0723. The number of amides is 5. The Balaban J connectivity index is 1.51. The van der Waals surface area contributed by atoms with Gasteiger partial charge in [-0.15, -0.1) is 6.58 Å². The molecule has 5 atom stereocenters. The number of rotatable bonds is 14. The molecule has 0 radical (unpaired) electrons. The van der Waals surface area contributed by atoms with Crippen molar-refractivity contribution in [3.05, 3.63) is 12.7 Å². The van der Waals surface area contributed by atoms with Crippen LogP contribution in [0.15, 0.2) is 12.7 Å². The number of hydrogen-bond donors (Lipinski definition) is 4. The summed E-state index contributed by atoms with van der Waals surface area (Å²) in [5.74, 6) is -1.72. The summed E-state index contributed by atoms with van der Waals surface area (Å²) >= 11 is 0. The first-order valence-corrected chi connectivity index (χ1v) is 18.4. The Kier molecular flexibility index (Phi) is 11.5. The van der Waals surface area contributed by atoms with Crippen LogP contribution >= 0.6 is 0 Å². The van der Waals surface area contributed by atoms with Gasteiger partial charge in [0.1, 0.15) is 12.1 Å². The molecule has 1 saturated heterocycles. The number of fused-ring (bicyclic) bond motifs is 1. The van der Waals surface area contributed by atoms with E-state index in [2.05, 4.69) is 62.5 Å². The molecule has 4 rings (SSSR count). The molecule has 48 heavy (non-hydrogen) atoms. The summed E-state index contributed by atoms with van der Waals surface area (Å²) in [7, 11) is 0. The fraction of sp³-hybridized carbons (Fsp3) is 0.816. The van der Waals surface area contributed by atoms with E-state index in [1.54, 1.807) is 11.0 Å². The second-order valence-electron chi connectivity index (χ2n) is 18.1. The third kappa shape index (κ3) is 9.20. The molecule has 4 aliphatic rings. The number of likely N-dealkylation sites (tertiary alicyclic amines) is 1. The Morgan fingerprint density at radius 3 is 2.17 bits per heavy atom. The maximum Gasteiger partial charge on any atom is 0.315 e. The van der Waals surface area contributed by atoms with Gasteiger partial charge in [0.2, 0.25) is 17.6 Å². The van der Waals surface area contributed by atoms with E-state index in [9.17, 15) is 24.0 Å². The van der Waals surface area contributed by atoms with Crippen molar-refractivity contribution in [3.63, 3.8) is 0 Å². The molecular formula is C38H63N5O5. The largest absolute Gasteiger partial charge is 0.349 e. The van der Waals surface area contributed by atoms with Gasteiger partial charge in [-0.1, -0.05) is 93.6 Å². The molecule has 2 unspecified atom stereocenters. The smallest absolute Gasteiger partial charge is 0.315 e. The fourth-order valence-electron chi connectivity index (χ4n) is 8.02. The molecule has 270 valence electrons. The Morgan fingerprint density at radius 1 is 0.958 bits per heavy atom. The molecule has 1 heterocycles. The van der Waals surface area contributed by atoms with Gasteiger partial charge < -0.3 is 26.2 Å². The van der Waals surface area contributed by atoms with E-state index >= 15 is 0 Å². The normalized spacial score (nSPS) is 25.6. The van der Waals surface area contributed by atoms with Crippen molar-refractivity contribution >= 4 is 29.5 Å². The molecule has 0 aromatic rings. The van der Waals surface area contributed by atoms with Crippen molar-refractivity contribution in [2.45, 2.75) is 150 Å². The highest BCUT2D eigenvalue weighted by atomic mass is 16.2. The number of nitrogens with zero attached hydrogens (tertiary/aromatic N) is 1. The van der Waals surface area contributed by atoms with Crippen molar-refractivity contribution in [3.8, 4) is 0 Å². The summed E-state index contributed by atoms with van der Waals surface area (Å²) in [6.07, 6.45) is 11.5. The lowest BCUT2D eigenvalue weighted by atomic mass is 9.75. The second-order valence-corrected chi connectivity index (χ2v) is 18.1. The SMILES string of the molecule is C=CCCNC(=O)C(=O)C(CC1CC1)NC(=O)[C@@H]1[C@@H]2C(CN1C(=O)[C@@H](NC(=O)NC1(CCC(C)(C)C)CCCCC1)C(C)(C)C)C2(C)C. The number of piperidine rings is 1.